The van der Waals surface area contributed by atoms with Gasteiger partial charge in [0.05, 0.1) is 10.6 Å². The Balaban J connectivity index is 1.64. The van der Waals surface area contributed by atoms with Crippen LogP contribution in [0.25, 0.3) is 0 Å². The second-order valence-corrected chi connectivity index (χ2v) is 10.8. The van der Waals surface area contributed by atoms with Crippen LogP contribution in [0.3, 0.4) is 0 Å². The highest BCUT2D eigenvalue weighted by Crippen LogP contribution is 2.25. The summed E-state index contributed by atoms with van der Waals surface area (Å²) < 4.78 is 27.8. The van der Waals surface area contributed by atoms with Crippen LogP contribution in [0.2, 0.25) is 10.0 Å². The van der Waals surface area contributed by atoms with Crippen LogP contribution in [0.5, 0.6) is 0 Å². The minimum Gasteiger partial charge on any atom is -0.280 e. The van der Waals surface area contributed by atoms with E-state index in [-0.39, 0.29) is 4.90 Å². The predicted molar refractivity (Wildman–Crippen MR) is 134 cm³/mol. The molecule has 0 bridgehead atoms. The van der Waals surface area contributed by atoms with E-state index in [0.717, 1.165) is 10.4 Å². The highest BCUT2D eigenvalue weighted by atomic mass is 35.5. The van der Waals surface area contributed by atoms with Crippen LogP contribution >= 0.6 is 35.4 Å². The van der Waals surface area contributed by atoms with Gasteiger partial charge in [0.1, 0.15) is 0 Å². The largest absolute Gasteiger partial charge is 0.280 e. The van der Waals surface area contributed by atoms with Crippen LogP contribution < -0.4 is 4.72 Å². The van der Waals surface area contributed by atoms with E-state index < -0.39 is 10.0 Å². The van der Waals surface area contributed by atoms with Crippen molar-refractivity contribution in [1.82, 2.24) is 0 Å². The van der Waals surface area contributed by atoms with Crippen LogP contribution in [0.4, 0.5) is 5.69 Å². The van der Waals surface area contributed by atoms with Crippen molar-refractivity contribution in [2.45, 2.75) is 37.5 Å². The zero-order valence-electron chi connectivity index (χ0n) is 17.2. The summed E-state index contributed by atoms with van der Waals surface area (Å²) >= 11 is 17.4. The molecule has 3 rings (SSSR count). The molecule has 1 N–H and O–H groups in total. The van der Waals surface area contributed by atoms with Crippen molar-refractivity contribution < 1.29 is 8.42 Å². The predicted octanol–water partition coefficient (Wildman–Crippen LogP) is 7.07. The van der Waals surface area contributed by atoms with E-state index in [2.05, 4.69) is 42.8 Å². The first-order valence-electron chi connectivity index (χ1n) is 9.81. The second-order valence-electron chi connectivity index (χ2n) is 7.70. The molecule has 0 aliphatic heterocycles. The van der Waals surface area contributed by atoms with Crippen molar-refractivity contribution in [3.05, 3.63) is 93.5 Å². The zero-order valence-corrected chi connectivity index (χ0v) is 20.4. The molecule has 0 aromatic heterocycles. The van der Waals surface area contributed by atoms with Crippen LogP contribution in [-0.4, -0.2) is 13.3 Å². The number of halogens is 2. The van der Waals surface area contributed by atoms with Crippen LogP contribution in [0, 0.1) is 0 Å². The lowest BCUT2D eigenvalue weighted by Crippen LogP contribution is -2.13. The van der Waals surface area contributed by atoms with Crippen molar-refractivity contribution in [3.8, 4) is 0 Å². The maximum Gasteiger partial charge on any atom is 0.261 e. The van der Waals surface area contributed by atoms with Gasteiger partial charge in [-0.15, -0.1) is 0 Å². The Morgan fingerprint density at radius 2 is 1.35 bits per heavy atom. The lowest BCUT2D eigenvalue weighted by atomic mass is 9.99. The molecule has 0 fully saturated rings. The number of hydrogen-bond acceptors (Lipinski definition) is 3. The van der Waals surface area contributed by atoms with E-state index in [0.29, 0.717) is 34.5 Å². The molecule has 0 spiro atoms. The summed E-state index contributed by atoms with van der Waals surface area (Å²) in [7, 11) is -3.75. The standard InChI is InChI=1S/C24H23Cl2NO2S2/c1-16(2)19-7-3-17(4-8-19)11-23(30)12-18-5-9-24(10-6-18)31(28,29)27-22-14-20(25)13-21(26)15-22/h3-10,13-16,27H,11-12H2,1-2H3. The summed E-state index contributed by atoms with van der Waals surface area (Å²) in [6, 6.07) is 19.8. The third-order valence-corrected chi connectivity index (χ3v) is 6.92. The molecule has 0 amide bonds. The first kappa shape index (κ1) is 23.7. The Morgan fingerprint density at radius 1 is 0.871 bits per heavy atom. The van der Waals surface area contributed by atoms with Crippen LogP contribution in [0.1, 0.15) is 36.5 Å². The number of hydrogen-bond donors (Lipinski definition) is 1. The fourth-order valence-electron chi connectivity index (χ4n) is 3.15. The van der Waals surface area contributed by atoms with Gasteiger partial charge in [-0.05, 0) is 52.9 Å². The fraction of sp³-hybridized carbons (Fsp3) is 0.208. The number of nitrogens with one attached hydrogen (secondary N) is 1. The maximum atomic E-state index is 12.7. The Kier molecular flexibility index (Phi) is 7.76. The van der Waals surface area contributed by atoms with Crippen molar-refractivity contribution in [3.63, 3.8) is 0 Å². The van der Waals surface area contributed by atoms with Crippen molar-refractivity contribution in [2.24, 2.45) is 0 Å². The van der Waals surface area contributed by atoms with Crippen molar-refractivity contribution in [2.75, 3.05) is 4.72 Å². The van der Waals surface area contributed by atoms with Gasteiger partial charge in [-0.2, -0.15) is 0 Å². The summed E-state index contributed by atoms with van der Waals surface area (Å²) in [4.78, 5) is 1.06. The van der Waals surface area contributed by atoms with Gasteiger partial charge in [0.2, 0.25) is 0 Å². The summed E-state index contributed by atoms with van der Waals surface area (Å²) in [5.41, 5.74) is 3.76. The summed E-state index contributed by atoms with van der Waals surface area (Å²) in [6.45, 7) is 4.34. The molecule has 31 heavy (non-hydrogen) atoms. The Bertz CT molecular complexity index is 1150. The van der Waals surface area contributed by atoms with Crippen molar-refractivity contribution in [1.29, 1.82) is 0 Å². The summed E-state index contributed by atoms with van der Waals surface area (Å²) in [5, 5.41) is 0.709. The molecule has 0 atom stereocenters. The monoisotopic (exact) mass is 491 g/mol. The van der Waals surface area contributed by atoms with E-state index in [1.165, 1.54) is 29.3 Å². The highest BCUT2D eigenvalue weighted by molar-refractivity contribution is 7.92. The number of rotatable bonds is 8. The number of thiocarbonyl (C=S) groups is 1. The molecule has 0 unspecified atom stereocenters. The zero-order chi connectivity index (χ0) is 22.6. The molecule has 7 heteroatoms. The van der Waals surface area contributed by atoms with Crippen LogP contribution in [-0.2, 0) is 22.9 Å². The molecule has 3 aromatic rings. The molecule has 0 heterocycles. The molecule has 0 saturated carbocycles. The quantitative estimate of drug-likeness (QED) is 0.342. The molecule has 0 aliphatic rings. The van der Waals surface area contributed by atoms with Gasteiger partial charge in [0.25, 0.3) is 10.0 Å². The maximum absolute atomic E-state index is 12.7. The van der Waals surface area contributed by atoms with Gasteiger partial charge in [-0.1, -0.05) is 85.7 Å². The fourth-order valence-corrected chi connectivity index (χ4v) is 5.05. The van der Waals surface area contributed by atoms with Gasteiger partial charge in [0, 0.05) is 27.8 Å². The highest BCUT2D eigenvalue weighted by Gasteiger charge is 2.15. The van der Waals surface area contributed by atoms with E-state index in [1.807, 2.05) is 0 Å². The van der Waals surface area contributed by atoms with E-state index in [1.54, 1.807) is 24.3 Å². The van der Waals surface area contributed by atoms with Gasteiger partial charge in [-0.3, -0.25) is 4.72 Å². The first-order valence-corrected chi connectivity index (χ1v) is 12.5. The second kappa shape index (κ2) is 10.1. The topological polar surface area (TPSA) is 46.2 Å². The molecular formula is C24H23Cl2NO2S2. The molecule has 3 aromatic carbocycles. The summed E-state index contributed by atoms with van der Waals surface area (Å²) in [5.74, 6) is 0.501. The average molecular weight is 492 g/mol. The van der Waals surface area contributed by atoms with Gasteiger partial charge >= 0.3 is 0 Å². The molecule has 0 saturated heterocycles. The number of anilines is 1. The summed E-state index contributed by atoms with van der Waals surface area (Å²) in [6.07, 6.45) is 1.32. The Morgan fingerprint density at radius 3 is 1.84 bits per heavy atom. The molecule has 0 aliphatic carbocycles. The third-order valence-electron chi connectivity index (χ3n) is 4.80. The lowest BCUT2D eigenvalue weighted by Gasteiger charge is -2.10. The van der Waals surface area contributed by atoms with E-state index in [4.69, 9.17) is 35.4 Å². The minimum atomic E-state index is -3.75. The lowest BCUT2D eigenvalue weighted by molar-refractivity contribution is 0.601. The van der Waals surface area contributed by atoms with Gasteiger partial charge in [-0.25, -0.2) is 8.42 Å². The SMILES string of the molecule is CC(C)c1ccc(CC(=S)Cc2ccc(S(=O)(=O)Nc3cc(Cl)cc(Cl)c3)cc2)cc1. The average Bonchev–Trinajstić information content (AvgIpc) is 2.67. The molecule has 0 radical (unpaired) electrons. The van der Waals surface area contributed by atoms with Gasteiger partial charge in [0.15, 0.2) is 0 Å². The van der Waals surface area contributed by atoms with Crippen LogP contribution in [0.15, 0.2) is 71.6 Å². The molecule has 162 valence electrons. The Labute approximate surface area is 199 Å². The molecular weight excluding hydrogens is 469 g/mol. The normalized spacial score (nSPS) is 11.5. The Hall–Kier alpha value is -1.92. The first-order chi connectivity index (χ1) is 14.6. The molecule has 3 nitrogen and oxygen atoms in total. The number of sulfonamides is 1. The number of benzene rings is 3. The van der Waals surface area contributed by atoms with E-state index >= 15 is 0 Å². The third kappa shape index (κ3) is 6.78. The smallest absolute Gasteiger partial charge is 0.261 e. The van der Waals surface area contributed by atoms with Gasteiger partial charge < -0.3 is 0 Å². The van der Waals surface area contributed by atoms with E-state index in [9.17, 15) is 8.42 Å². The minimum absolute atomic E-state index is 0.155. The van der Waals surface area contributed by atoms with Crippen molar-refractivity contribution >= 4 is 56.0 Å².